The molecule has 3 aromatic rings. The fourth-order valence-corrected chi connectivity index (χ4v) is 3.50. The van der Waals surface area contributed by atoms with Crippen molar-refractivity contribution in [1.82, 2.24) is 4.98 Å². The summed E-state index contributed by atoms with van der Waals surface area (Å²) in [6.07, 6.45) is 3.23. The first-order valence-electron chi connectivity index (χ1n) is 8.67. The molecule has 0 bridgehead atoms. The second kappa shape index (κ2) is 7.09. The van der Waals surface area contributed by atoms with Gasteiger partial charge in [0.2, 0.25) is 0 Å². The minimum atomic E-state index is -0.333. The monoisotopic (exact) mass is 349 g/mol. The SMILES string of the molecule is O=[N+]([O-])c1c(NC2CCOC(c3ccccc3)C2)ccc2ncccc12. The molecule has 0 aliphatic carbocycles. The van der Waals surface area contributed by atoms with Crippen molar-refractivity contribution in [3.8, 4) is 0 Å². The molecule has 1 aliphatic rings. The number of rotatable bonds is 4. The highest BCUT2D eigenvalue weighted by Gasteiger charge is 2.26. The molecule has 1 aliphatic heterocycles. The van der Waals surface area contributed by atoms with Gasteiger partial charge in [0.05, 0.1) is 21.9 Å². The number of pyridine rings is 1. The summed E-state index contributed by atoms with van der Waals surface area (Å²) in [5.74, 6) is 0. The second-order valence-corrected chi connectivity index (χ2v) is 6.42. The van der Waals surface area contributed by atoms with Crippen LogP contribution in [0, 0.1) is 10.1 Å². The highest BCUT2D eigenvalue weighted by molar-refractivity contribution is 5.94. The third kappa shape index (κ3) is 3.23. The Kier molecular flexibility index (Phi) is 4.50. The van der Waals surface area contributed by atoms with Crippen LogP contribution in [-0.2, 0) is 4.74 Å². The summed E-state index contributed by atoms with van der Waals surface area (Å²) in [7, 11) is 0. The van der Waals surface area contributed by atoms with Gasteiger partial charge in [-0.15, -0.1) is 0 Å². The van der Waals surface area contributed by atoms with Gasteiger partial charge in [0.1, 0.15) is 5.69 Å². The van der Waals surface area contributed by atoms with Crippen LogP contribution in [0.25, 0.3) is 10.9 Å². The molecule has 0 saturated carbocycles. The highest BCUT2D eigenvalue weighted by Crippen LogP contribution is 2.35. The zero-order valence-corrected chi connectivity index (χ0v) is 14.2. The molecule has 1 saturated heterocycles. The van der Waals surface area contributed by atoms with Crippen LogP contribution in [0.4, 0.5) is 11.4 Å². The third-order valence-electron chi connectivity index (χ3n) is 4.75. The number of hydrogen-bond acceptors (Lipinski definition) is 5. The first-order chi connectivity index (χ1) is 12.7. The fraction of sp³-hybridized carbons (Fsp3) is 0.250. The van der Waals surface area contributed by atoms with Crippen molar-refractivity contribution in [2.45, 2.75) is 25.0 Å². The Bertz CT molecular complexity index is 930. The van der Waals surface area contributed by atoms with Gasteiger partial charge in [-0.2, -0.15) is 0 Å². The van der Waals surface area contributed by atoms with E-state index in [-0.39, 0.29) is 22.8 Å². The Hall–Kier alpha value is -2.99. The Labute approximate surface area is 151 Å². The van der Waals surface area contributed by atoms with Crippen LogP contribution < -0.4 is 5.32 Å². The maximum Gasteiger partial charge on any atom is 0.301 e. The van der Waals surface area contributed by atoms with Gasteiger partial charge in [-0.05, 0) is 42.7 Å². The van der Waals surface area contributed by atoms with Crippen LogP contribution in [0.3, 0.4) is 0 Å². The number of hydrogen-bond donors (Lipinski definition) is 1. The van der Waals surface area contributed by atoms with Crippen LogP contribution in [0.1, 0.15) is 24.5 Å². The van der Waals surface area contributed by atoms with Crippen LogP contribution in [-0.4, -0.2) is 22.6 Å². The van der Waals surface area contributed by atoms with Crippen LogP contribution in [0.15, 0.2) is 60.8 Å². The molecule has 2 heterocycles. The quantitative estimate of drug-likeness (QED) is 0.555. The summed E-state index contributed by atoms with van der Waals surface area (Å²) < 4.78 is 5.90. The zero-order valence-electron chi connectivity index (χ0n) is 14.2. The number of fused-ring (bicyclic) bond motifs is 1. The van der Waals surface area contributed by atoms with Gasteiger partial charge in [-0.3, -0.25) is 15.1 Å². The topological polar surface area (TPSA) is 77.3 Å². The van der Waals surface area contributed by atoms with E-state index in [0.717, 1.165) is 18.4 Å². The molecule has 132 valence electrons. The fourth-order valence-electron chi connectivity index (χ4n) is 3.50. The van der Waals surface area contributed by atoms with E-state index in [0.29, 0.717) is 23.2 Å². The van der Waals surface area contributed by atoms with Crippen molar-refractivity contribution >= 4 is 22.3 Å². The smallest absolute Gasteiger partial charge is 0.301 e. The summed E-state index contributed by atoms with van der Waals surface area (Å²) >= 11 is 0. The number of nitrogens with zero attached hydrogens (tertiary/aromatic N) is 2. The van der Waals surface area contributed by atoms with Crippen LogP contribution in [0.5, 0.6) is 0 Å². The average Bonchev–Trinajstić information content (AvgIpc) is 2.68. The maximum atomic E-state index is 11.7. The predicted molar refractivity (Wildman–Crippen MR) is 100 cm³/mol. The molecule has 2 atom stereocenters. The van der Waals surface area contributed by atoms with Crippen molar-refractivity contribution in [2.75, 3.05) is 11.9 Å². The van der Waals surface area contributed by atoms with E-state index in [1.807, 2.05) is 24.3 Å². The number of aromatic nitrogens is 1. The minimum absolute atomic E-state index is 0.00336. The van der Waals surface area contributed by atoms with Crippen molar-refractivity contribution in [1.29, 1.82) is 0 Å². The lowest BCUT2D eigenvalue weighted by Gasteiger charge is -2.31. The molecule has 4 rings (SSSR count). The summed E-state index contributed by atoms with van der Waals surface area (Å²) in [5, 5.41) is 15.6. The number of nitro benzene ring substituents is 1. The Morgan fingerprint density at radius 2 is 1.96 bits per heavy atom. The van der Waals surface area contributed by atoms with Gasteiger partial charge in [0.15, 0.2) is 0 Å². The predicted octanol–water partition coefficient (Wildman–Crippen LogP) is 4.48. The summed E-state index contributed by atoms with van der Waals surface area (Å²) in [5.41, 5.74) is 2.38. The number of nitro groups is 1. The summed E-state index contributed by atoms with van der Waals surface area (Å²) in [4.78, 5) is 15.6. The van der Waals surface area contributed by atoms with Gasteiger partial charge in [0.25, 0.3) is 0 Å². The molecule has 1 aromatic heterocycles. The molecular formula is C20H19N3O3. The highest BCUT2D eigenvalue weighted by atomic mass is 16.6. The molecule has 1 fully saturated rings. The largest absolute Gasteiger partial charge is 0.377 e. The molecule has 1 N–H and O–H groups in total. The van der Waals surface area contributed by atoms with Gasteiger partial charge in [-0.1, -0.05) is 30.3 Å². The first-order valence-corrected chi connectivity index (χ1v) is 8.67. The Morgan fingerprint density at radius 1 is 1.12 bits per heavy atom. The lowest BCUT2D eigenvalue weighted by molar-refractivity contribution is -0.382. The van der Waals surface area contributed by atoms with E-state index in [2.05, 4.69) is 22.4 Å². The summed E-state index contributed by atoms with van der Waals surface area (Å²) in [6.45, 7) is 0.625. The van der Waals surface area contributed by atoms with Crippen LogP contribution >= 0.6 is 0 Å². The van der Waals surface area contributed by atoms with E-state index in [1.165, 1.54) is 0 Å². The van der Waals surface area contributed by atoms with Gasteiger partial charge >= 0.3 is 5.69 Å². The average molecular weight is 349 g/mol. The van der Waals surface area contributed by atoms with Crippen molar-refractivity contribution < 1.29 is 9.66 Å². The molecule has 0 spiro atoms. The molecule has 6 nitrogen and oxygen atoms in total. The minimum Gasteiger partial charge on any atom is -0.377 e. The van der Waals surface area contributed by atoms with Gasteiger partial charge in [-0.25, -0.2) is 0 Å². The first kappa shape index (κ1) is 16.5. The molecule has 2 unspecified atom stereocenters. The van der Waals surface area contributed by atoms with Gasteiger partial charge in [0, 0.05) is 18.8 Å². The van der Waals surface area contributed by atoms with E-state index >= 15 is 0 Å². The molecule has 0 amide bonds. The number of ether oxygens (including phenoxy) is 1. The maximum absolute atomic E-state index is 11.7. The standard InChI is InChI=1S/C20H19N3O3/c24-23(25)20-16-7-4-11-21-17(16)8-9-18(20)22-15-10-12-26-19(13-15)14-5-2-1-3-6-14/h1-9,11,15,19,22H,10,12-13H2. The number of anilines is 1. The molecular weight excluding hydrogens is 330 g/mol. The Balaban J connectivity index is 1.61. The molecule has 2 aromatic carbocycles. The molecule has 6 heteroatoms. The van der Waals surface area contributed by atoms with Crippen LogP contribution in [0.2, 0.25) is 0 Å². The van der Waals surface area contributed by atoms with E-state index < -0.39 is 0 Å². The normalized spacial score (nSPS) is 20.0. The lowest BCUT2D eigenvalue weighted by Crippen LogP contribution is -2.30. The third-order valence-corrected chi connectivity index (χ3v) is 4.75. The van der Waals surface area contributed by atoms with Crippen molar-refractivity contribution in [3.63, 3.8) is 0 Å². The molecule has 26 heavy (non-hydrogen) atoms. The molecule has 0 radical (unpaired) electrons. The van der Waals surface area contributed by atoms with E-state index in [1.54, 1.807) is 24.4 Å². The zero-order chi connectivity index (χ0) is 17.9. The summed E-state index contributed by atoms with van der Waals surface area (Å²) in [6, 6.07) is 17.2. The van der Waals surface area contributed by atoms with E-state index in [9.17, 15) is 10.1 Å². The lowest BCUT2D eigenvalue weighted by atomic mass is 9.97. The second-order valence-electron chi connectivity index (χ2n) is 6.42. The van der Waals surface area contributed by atoms with Gasteiger partial charge < -0.3 is 10.1 Å². The van der Waals surface area contributed by atoms with E-state index in [4.69, 9.17) is 4.74 Å². The number of benzene rings is 2. The van der Waals surface area contributed by atoms with Crippen molar-refractivity contribution in [2.24, 2.45) is 0 Å². The Morgan fingerprint density at radius 3 is 2.77 bits per heavy atom. The number of nitrogens with one attached hydrogen (secondary N) is 1. The van der Waals surface area contributed by atoms with Crippen molar-refractivity contribution in [3.05, 3.63) is 76.5 Å².